The average molecular weight is 363 g/mol. The molecule has 1 fully saturated rings. The van der Waals surface area contributed by atoms with E-state index in [2.05, 4.69) is 36.3 Å². The molecule has 2 unspecified atom stereocenters. The monoisotopic (exact) mass is 363 g/mol. The van der Waals surface area contributed by atoms with Gasteiger partial charge in [-0.2, -0.15) is 10.2 Å². The molecule has 5 heteroatoms. The number of halogens is 1. The first-order chi connectivity index (χ1) is 12.9. The van der Waals surface area contributed by atoms with Gasteiger partial charge in [0.1, 0.15) is 5.82 Å². The molecule has 2 aliphatic rings. The SMILES string of the molecule is CC1(C)Nc2cc(F)c(-c3cccc4cnncc34)cc2C2(C)CCOC12. The molecule has 0 bridgehead atoms. The quantitative estimate of drug-likeness (QED) is 0.681. The summed E-state index contributed by atoms with van der Waals surface area (Å²) in [7, 11) is 0. The number of aromatic nitrogens is 2. The van der Waals surface area contributed by atoms with Gasteiger partial charge in [-0.05, 0) is 43.5 Å². The lowest BCUT2D eigenvalue weighted by molar-refractivity contribution is 0.0352. The third kappa shape index (κ3) is 2.31. The third-order valence-corrected chi connectivity index (χ3v) is 6.20. The number of ether oxygens (including phenoxy) is 1. The van der Waals surface area contributed by atoms with Crippen LogP contribution in [0, 0.1) is 5.82 Å². The summed E-state index contributed by atoms with van der Waals surface area (Å²) in [5.74, 6) is -0.234. The highest BCUT2D eigenvalue weighted by Crippen LogP contribution is 2.51. The van der Waals surface area contributed by atoms with Crippen LogP contribution in [-0.4, -0.2) is 28.4 Å². The Morgan fingerprint density at radius 3 is 2.78 bits per heavy atom. The Bertz CT molecular complexity index is 1060. The Balaban J connectivity index is 1.76. The third-order valence-electron chi connectivity index (χ3n) is 6.20. The molecule has 1 N–H and O–H groups in total. The molecule has 27 heavy (non-hydrogen) atoms. The summed E-state index contributed by atoms with van der Waals surface area (Å²) in [6.07, 6.45) is 4.39. The van der Waals surface area contributed by atoms with Crippen LogP contribution in [0.25, 0.3) is 21.9 Å². The Kier molecular flexibility index (Phi) is 3.38. The van der Waals surface area contributed by atoms with Crippen molar-refractivity contribution in [3.05, 3.63) is 54.1 Å². The number of nitrogens with zero attached hydrogens (tertiary/aromatic N) is 2. The van der Waals surface area contributed by atoms with Gasteiger partial charge in [-0.1, -0.05) is 25.1 Å². The molecule has 0 amide bonds. The van der Waals surface area contributed by atoms with Crippen LogP contribution in [0.3, 0.4) is 0 Å². The highest BCUT2D eigenvalue weighted by molar-refractivity contribution is 5.96. The summed E-state index contributed by atoms with van der Waals surface area (Å²) < 4.78 is 21.3. The van der Waals surface area contributed by atoms with Crippen molar-refractivity contribution >= 4 is 16.5 Å². The second-order valence-corrected chi connectivity index (χ2v) is 8.44. The van der Waals surface area contributed by atoms with E-state index in [4.69, 9.17) is 4.74 Å². The Morgan fingerprint density at radius 1 is 1.11 bits per heavy atom. The summed E-state index contributed by atoms with van der Waals surface area (Å²) in [5.41, 5.74) is 3.04. The maximum absolute atomic E-state index is 15.2. The highest BCUT2D eigenvalue weighted by atomic mass is 19.1. The predicted octanol–water partition coefficient (Wildman–Crippen LogP) is 4.69. The first kappa shape index (κ1) is 16.6. The van der Waals surface area contributed by atoms with Crippen LogP contribution in [0.15, 0.2) is 42.7 Å². The van der Waals surface area contributed by atoms with Crippen LogP contribution in [0.1, 0.15) is 32.8 Å². The Labute approximate surface area is 157 Å². The number of rotatable bonds is 1. The molecule has 138 valence electrons. The molecular weight excluding hydrogens is 341 g/mol. The summed E-state index contributed by atoms with van der Waals surface area (Å²) in [6, 6.07) is 9.49. The normalized spacial score (nSPS) is 25.7. The van der Waals surface area contributed by atoms with Crippen LogP contribution in [0.2, 0.25) is 0 Å². The first-order valence-electron chi connectivity index (χ1n) is 9.34. The molecule has 5 rings (SSSR count). The van der Waals surface area contributed by atoms with Crippen molar-refractivity contribution in [2.75, 3.05) is 11.9 Å². The molecule has 4 nitrogen and oxygen atoms in total. The number of nitrogens with one attached hydrogen (secondary N) is 1. The van der Waals surface area contributed by atoms with E-state index in [1.807, 2.05) is 24.3 Å². The molecule has 3 heterocycles. The van der Waals surface area contributed by atoms with Crippen LogP contribution >= 0.6 is 0 Å². The van der Waals surface area contributed by atoms with E-state index in [0.29, 0.717) is 5.56 Å². The second kappa shape index (κ2) is 5.49. The summed E-state index contributed by atoms with van der Waals surface area (Å²) in [5, 5.41) is 13.3. The minimum atomic E-state index is -0.249. The van der Waals surface area contributed by atoms with Crippen molar-refractivity contribution in [3.8, 4) is 11.1 Å². The Morgan fingerprint density at radius 2 is 1.93 bits per heavy atom. The Hall–Kier alpha value is -2.53. The second-order valence-electron chi connectivity index (χ2n) is 8.44. The van der Waals surface area contributed by atoms with E-state index in [-0.39, 0.29) is 22.9 Å². The molecule has 2 aromatic carbocycles. The molecule has 0 radical (unpaired) electrons. The number of hydrogen-bond acceptors (Lipinski definition) is 4. The van der Waals surface area contributed by atoms with Crippen molar-refractivity contribution in [1.82, 2.24) is 10.2 Å². The fraction of sp³-hybridized carbons (Fsp3) is 0.364. The predicted molar refractivity (Wildman–Crippen MR) is 104 cm³/mol. The van der Waals surface area contributed by atoms with Gasteiger partial charge < -0.3 is 10.1 Å². The van der Waals surface area contributed by atoms with E-state index in [9.17, 15) is 0 Å². The summed E-state index contributed by atoms with van der Waals surface area (Å²) in [4.78, 5) is 0. The molecule has 2 aliphatic heterocycles. The summed E-state index contributed by atoms with van der Waals surface area (Å²) >= 11 is 0. The van der Waals surface area contributed by atoms with Crippen molar-refractivity contribution < 1.29 is 9.13 Å². The lowest BCUT2D eigenvalue weighted by Crippen LogP contribution is -2.56. The number of hydrogen-bond donors (Lipinski definition) is 1. The van der Waals surface area contributed by atoms with Gasteiger partial charge >= 0.3 is 0 Å². The van der Waals surface area contributed by atoms with Gasteiger partial charge in [-0.3, -0.25) is 0 Å². The van der Waals surface area contributed by atoms with E-state index in [1.54, 1.807) is 18.5 Å². The standard InChI is InChI=1S/C22H22FN3O/c1-21(2)20-22(3,7-8-27-20)17-9-15(18(23)10-19(17)26-21)14-6-4-5-13-11-24-25-12-16(13)14/h4-6,9-12,20,26H,7-8H2,1-3H3. The van der Waals surface area contributed by atoms with Gasteiger partial charge in [0.15, 0.2) is 0 Å². The van der Waals surface area contributed by atoms with Crippen molar-refractivity contribution in [2.45, 2.75) is 44.2 Å². The van der Waals surface area contributed by atoms with Gasteiger partial charge in [0, 0.05) is 34.0 Å². The van der Waals surface area contributed by atoms with Crippen molar-refractivity contribution in [3.63, 3.8) is 0 Å². The number of benzene rings is 2. The summed E-state index contributed by atoms with van der Waals surface area (Å²) in [6.45, 7) is 7.21. The first-order valence-corrected chi connectivity index (χ1v) is 9.34. The smallest absolute Gasteiger partial charge is 0.133 e. The van der Waals surface area contributed by atoms with E-state index in [1.165, 1.54) is 0 Å². The number of fused-ring (bicyclic) bond motifs is 4. The van der Waals surface area contributed by atoms with Gasteiger partial charge in [0.2, 0.25) is 0 Å². The van der Waals surface area contributed by atoms with Gasteiger partial charge in [0.05, 0.1) is 24.0 Å². The van der Waals surface area contributed by atoms with Crippen molar-refractivity contribution in [1.29, 1.82) is 0 Å². The minimum absolute atomic E-state index is 0.0502. The molecule has 2 atom stereocenters. The molecule has 0 spiro atoms. The molecule has 1 aromatic heterocycles. The zero-order valence-corrected chi connectivity index (χ0v) is 15.7. The van der Waals surface area contributed by atoms with Crippen LogP contribution in [-0.2, 0) is 10.2 Å². The van der Waals surface area contributed by atoms with Crippen LogP contribution in [0.4, 0.5) is 10.1 Å². The van der Waals surface area contributed by atoms with E-state index < -0.39 is 0 Å². The van der Waals surface area contributed by atoms with E-state index >= 15 is 4.39 Å². The lowest BCUT2D eigenvalue weighted by atomic mass is 9.66. The molecular formula is C22H22FN3O. The average Bonchev–Trinajstić information content (AvgIpc) is 3.05. The van der Waals surface area contributed by atoms with Crippen molar-refractivity contribution in [2.24, 2.45) is 0 Å². The van der Waals surface area contributed by atoms with Gasteiger partial charge in [-0.15, -0.1) is 0 Å². The minimum Gasteiger partial charge on any atom is -0.377 e. The number of anilines is 1. The topological polar surface area (TPSA) is 47.0 Å². The maximum atomic E-state index is 15.2. The largest absolute Gasteiger partial charge is 0.377 e. The maximum Gasteiger partial charge on any atom is 0.133 e. The molecule has 1 saturated heterocycles. The molecule has 0 saturated carbocycles. The lowest BCUT2D eigenvalue weighted by Gasteiger charge is -2.48. The highest BCUT2D eigenvalue weighted by Gasteiger charge is 2.53. The molecule has 3 aromatic rings. The van der Waals surface area contributed by atoms with Gasteiger partial charge in [0.25, 0.3) is 0 Å². The fourth-order valence-electron chi connectivity index (χ4n) is 5.01. The zero-order chi connectivity index (χ0) is 18.8. The van der Waals surface area contributed by atoms with Crippen LogP contribution < -0.4 is 5.32 Å². The van der Waals surface area contributed by atoms with Gasteiger partial charge in [-0.25, -0.2) is 4.39 Å². The molecule has 0 aliphatic carbocycles. The van der Waals surface area contributed by atoms with Crippen LogP contribution in [0.5, 0.6) is 0 Å². The zero-order valence-electron chi connectivity index (χ0n) is 15.7. The van der Waals surface area contributed by atoms with E-state index in [0.717, 1.165) is 40.6 Å². The fourth-order valence-corrected chi connectivity index (χ4v) is 5.01.